The molecule has 0 bridgehead atoms. The van der Waals surface area contributed by atoms with E-state index in [1.165, 1.54) is 0 Å². The molecule has 0 saturated carbocycles. The predicted octanol–water partition coefficient (Wildman–Crippen LogP) is 0.453. The van der Waals surface area contributed by atoms with E-state index < -0.39 is 53.8 Å². The molecule has 0 saturated heterocycles. The Kier molecular flexibility index (Phi) is 13.3. The fourth-order valence-electron chi connectivity index (χ4n) is 3.68. The van der Waals surface area contributed by atoms with Gasteiger partial charge in [0.2, 0.25) is 23.6 Å². The molecule has 1 aromatic rings. The number of carboxylic acids is 1. The van der Waals surface area contributed by atoms with E-state index >= 15 is 0 Å². The first-order valence-electron chi connectivity index (χ1n) is 12.6. The first kappa shape index (κ1) is 31.6. The minimum atomic E-state index is -1.17. The van der Waals surface area contributed by atoms with Crippen molar-refractivity contribution in [3.8, 4) is 0 Å². The van der Waals surface area contributed by atoms with Crippen LogP contribution in [0.5, 0.6) is 0 Å². The Labute approximate surface area is 218 Å². The summed E-state index contributed by atoms with van der Waals surface area (Å²) in [6.45, 7) is 7.31. The summed E-state index contributed by atoms with van der Waals surface area (Å²) in [7, 11) is 0. The maximum atomic E-state index is 13.3. The smallest absolute Gasteiger partial charge is 0.326 e. The Morgan fingerprint density at radius 2 is 1.49 bits per heavy atom. The van der Waals surface area contributed by atoms with Crippen LogP contribution in [0.2, 0.25) is 0 Å². The van der Waals surface area contributed by atoms with Crippen LogP contribution in [0.3, 0.4) is 0 Å². The molecule has 37 heavy (non-hydrogen) atoms. The first-order chi connectivity index (χ1) is 17.3. The summed E-state index contributed by atoms with van der Waals surface area (Å²) in [5, 5.41) is 17.4. The van der Waals surface area contributed by atoms with Crippen LogP contribution >= 0.6 is 0 Å². The molecule has 1 rings (SSSR count). The van der Waals surface area contributed by atoms with Gasteiger partial charge >= 0.3 is 5.97 Å². The Morgan fingerprint density at radius 1 is 0.892 bits per heavy atom. The second-order valence-electron chi connectivity index (χ2n) is 9.76. The van der Waals surface area contributed by atoms with Gasteiger partial charge in [0, 0.05) is 12.8 Å². The van der Waals surface area contributed by atoms with E-state index in [2.05, 4.69) is 16.0 Å². The minimum absolute atomic E-state index is 0.0207. The molecule has 0 aliphatic heterocycles. The molecule has 0 radical (unpaired) electrons. The molecule has 5 unspecified atom stereocenters. The summed E-state index contributed by atoms with van der Waals surface area (Å²) in [4.78, 5) is 61.8. The van der Waals surface area contributed by atoms with E-state index in [-0.39, 0.29) is 37.5 Å². The van der Waals surface area contributed by atoms with Crippen LogP contribution in [-0.4, -0.2) is 58.9 Å². The maximum Gasteiger partial charge on any atom is 0.326 e. The molecule has 5 atom stereocenters. The minimum Gasteiger partial charge on any atom is -0.480 e. The summed E-state index contributed by atoms with van der Waals surface area (Å²) >= 11 is 0. The molecule has 0 heterocycles. The highest BCUT2D eigenvalue weighted by atomic mass is 16.4. The van der Waals surface area contributed by atoms with Crippen molar-refractivity contribution < 1.29 is 29.1 Å². The van der Waals surface area contributed by atoms with E-state index in [0.717, 1.165) is 5.56 Å². The lowest BCUT2D eigenvalue weighted by atomic mass is 9.96. The van der Waals surface area contributed by atoms with Gasteiger partial charge in [0.15, 0.2) is 0 Å². The molecule has 0 aliphatic rings. The fraction of sp³-hybridized carbons (Fsp3) is 0.577. The Bertz CT molecular complexity index is 923. The van der Waals surface area contributed by atoms with Gasteiger partial charge in [-0.2, -0.15) is 0 Å². The van der Waals surface area contributed by atoms with Gasteiger partial charge in [-0.25, -0.2) is 4.79 Å². The van der Waals surface area contributed by atoms with Crippen molar-refractivity contribution in [1.82, 2.24) is 16.0 Å². The van der Waals surface area contributed by atoms with Gasteiger partial charge in [0.25, 0.3) is 0 Å². The summed E-state index contributed by atoms with van der Waals surface area (Å²) in [5.41, 5.74) is 11.7. The highest BCUT2D eigenvalue weighted by molar-refractivity contribution is 5.94. The number of primary amides is 1. The van der Waals surface area contributed by atoms with Crippen molar-refractivity contribution in [1.29, 1.82) is 0 Å². The first-order valence-corrected chi connectivity index (χ1v) is 12.6. The molecule has 0 aromatic heterocycles. The van der Waals surface area contributed by atoms with Gasteiger partial charge in [-0.1, -0.05) is 64.4 Å². The predicted molar refractivity (Wildman–Crippen MR) is 139 cm³/mol. The normalized spacial score (nSPS) is 15.1. The van der Waals surface area contributed by atoms with Crippen molar-refractivity contribution >= 4 is 29.6 Å². The zero-order valence-corrected chi connectivity index (χ0v) is 22.0. The van der Waals surface area contributed by atoms with Gasteiger partial charge in [0.05, 0.1) is 6.04 Å². The van der Waals surface area contributed by atoms with E-state index in [1.54, 1.807) is 31.2 Å². The molecule has 0 fully saturated rings. The van der Waals surface area contributed by atoms with Crippen molar-refractivity contribution in [3.63, 3.8) is 0 Å². The van der Waals surface area contributed by atoms with E-state index in [1.807, 2.05) is 26.8 Å². The maximum absolute atomic E-state index is 13.3. The van der Waals surface area contributed by atoms with Crippen molar-refractivity contribution in [3.05, 3.63) is 35.9 Å². The highest BCUT2D eigenvalue weighted by Gasteiger charge is 2.32. The third-order valence-corrected chi connectivity index (χ3v) is 6.07. The molecular weight excluding hydrogens is 478 g/mol. The Morgan fingerprint density at radius 3 is 2.00 bits per heavy atom. The summed E-state index contributed by atoms with van der Waals surface area (Å²) < 4.78 is 0. The zero-order valence-electron chi connectivity index (χ0n) is 22.0. The third-order valence-electron chi connectivity index (χ3n) is 6.07. The average molecular weight is 520 g/mol. The lowest BCUT2D eigenvalue weighted by Crippen LogP contribution is -2.59. The van der Waals surface area contributed by atoms with Gasteiger partial charge in [0.1, 0.15) is 18.1 Å². The number of amides is 4. The van der Waals surface area contributed by atoms with Gasteiger partial charge in [-0.3, -0.25) is 19.2 Å². The monoisotopic (exact) mass is 519 g/mol. The number of hydrogen-bond donors (Lipinski definition) is 6. The number of nitrogens with one attached hydrogen (secondary N) is 3. The number of carbonyl (C=O) groups is 5. The van der Waals surface area contributed by atoms with Gasteiger partial charge in [-0.05, 0) is 30.2 Å². The number of aliphatic carboxylic acids is 1. The van der Waals surface area contributed by atoms with Crippen LogP contribution in [0.25, 0.3) is 0 Å². The highest BCUT2D eigenvalue weighted by Crippen LogP contribution is 2.12. The number of benzene rings is 1. The number of carboxylic acid groups (broad SMARTS) is 1. The average Bonchev–Trinajstić information content (AvgIpc) is 2.84. The third kappa shape index (κ3) is 11.4. The Hall–Kier alpha value is -3.47. The van der Waals surface area contributed by atoms with Crippen molar-refractivity contribution in [2.45, 2.75) is 84.0 Å². The van der Waals surface area contributed by atoms with Gasteiger partial charge < -0.3 is 32.5 Å². The van der Waals surface area contributed by atoms with Crippen LogP contribution in [-0.2, 0) is 30.4 Å². The molecule has 11 heteroatoms. The summed E-state index contributed by atoms with van der Waals surface area (Å²) in [5.74, 6) is -3.90. The number of carbonyl (C=O) groups excluding carboxylic acids is 4. The summed E-state index contributed by atoms with van der Waals surface area (Å²) in [6, 6.07) is 4.74. The van der Waals surface area contributed by atoms with Crippen LogP contribution in [0.1, 0.15) is 58.9 Å². The molecule has 206 valence electrons. The molecule has 1 aromatic carbocycles. The van der Waals surface area contributed by atoms with E-state index in [9.17, 15) is 29.1 Å². The van der Waals surface area contributed by atoms with E-state index in [4.69, 9.17) is 11.5 Å². The van der Waals surface area contributed by atoms with Gasteiger partial charge in [-0.15, -0.1) is 0 Å². The van der Waals surface area contributed by atoms with E-state index in [0.29, 0.717) is 6.42 Å². The molecule has 0 spiro atoms. The van der Waals surface area contributed by atoms with Crippen LogP contribution in [0.15, 0.2) is 30.3 Å². The molecule has 0 aliphatic carbocycles. The quantitative estimate of drug-likeness (QED) is 0.182. The standard InChI is InChI=1S/C26H41N5O6/c1-5-16(4)22(31-23(33)18(27)11-12-21(28)32)25(35)29-19(14-17-9-7-6-8-10-17)24(34)30-20(26(36)37)13-15(2)3/h6-10,15-16,18-20,22H,5,11-14,27H2,1-4H3,(H2,28,32)(H,29,35)(H,30,34)(H,31,33)(H,36,37). The van der Waals surface area contributed by atoms with Crippen LogP contribution in [0, 0.1) is 11.8 Å². The lowest BCUT2D eigenvalue weighted by Gasteiger charge is -2.28. The molecular formula is C26H41N5O6. The summed E-state index contributed by atoms with van der Waals surface area (Å²) in [6.07, 6.45) is 0.837. The molecule has 11 nitrogen and oxygen atoms in total. The molecule has 8 N–H and O–H groups in total. The van der Waals surface area contributed by atoms with Crippen LogP contribution < -0.4 is 27.4 Å². The van der Waals surface area contributed by atoms with Crippen molar-refractivity contribution in [2.75, 3.05) is 0 Å². The van der Waals surface area contributed by atoms with Crippen LogP contribution in [0.4, 0.5) is 0 Å². The largest absolute Gasteiger partial charge is 0.480 e. The lowest BCUT2D eigenvalue weighted by molar-refractivity contribution is -0.142. The number of nitrogens with two attached hydrogens (primary N) is 2. The number of rotatable bonds is 16. The fourth-order valence-corrected chi connectivity index (χ4v) is 3.68. The zero-order chi connectivity index (χ0) is 28.1. The topological polar surface area (TPSA) is 194 Å². The van der Waals surface area contributed by atoms with Crippen molar-refractivity contribution in [2.24, 2.45) is 23.3 Å². The second kappa shape index (κ2) is 15.6. The molecule has 4 amide bonds. The Balaban J connectivity index is 3.12. The number of hydrogen-bond acceptors (Lipinski definition) is 6. The second-order valence-corrected chi connectivity index (χ2v) is 9.76. The SMILES string of the molecule is CCC(C)C(NC(=O)C(N)CCC(N)=O)C(=O)NC(Cc1ccccc1)C(=O)NC(CC(C)C)C(=O)O.